The van der Waals surface area contributed by atoms with Crippen molar-refractivity contribution in [1.82, 2.24) is 10.6 Å². The van der Waals surface area contributed by atoms with Crippen molar-refractivity contribution < 1.29 is 19.5 Å². The van der Waals surface area contributed by atoms with Gasteiger partial charge in [-0.2, -0.15) is 0 Å². The second kappa shape index (κ2) is 7.11. The normalized spacial score (nSPS) is 24.9. The number of carbonyl (C=O) groups excluding carboxylic acids is 2. The molecule has 2 amide bonds. The van der Waals surface area contributed by atoms with Gasteiger partial charge in [-0.1, -0.05) is 19.3 Å². The van der Waals surface area contributed by atoms with E-state index in [1.54, 1.807) is 6.92 Å². The second-order valence-corrected chi connectivity index (χ2v) is 5.12. The van der Waals surface area contributed by atoms with E-state index in [0.717, 1.165) is 19.3 Å². The highest BCUT2D eigenvalue weighted by molar-refractivity contribution is 5.87. The van der Waals surface area contributed by atoms with Crippen LogP contribution >= 0.6 is 0 Å². The van der Waals surface area contributed by atoms with Crippen molar-refractivity contribution in [2.45, 2.75) is 58.0 Å². The van der Waals surface area contributed by atoms with Gasteiger partial charge >= 0.3 is 5.97 Å². The molecule has 1 saturated carbocycles. The molecule has 0 heterocycles. The van der Waals surface area contributed by atoms with Crippen molar-refractivity contribution in [2.75, 3.05) is 0 Å². The Morgan fingerprint density at radius 2 is 1.79 bits per heavy atom. The third kappa shape index (κ3) is 4.89. The number of carboxylic acid groups (broad SMARTS) is 1. The van der Waals surface area contributed by atoms with E-state index < -0.39 is 17.9 Å². The van der Waals surface area contributed by atoms with Gasteiger partial charge in [0.15, 0.2) is 0 Å². The van der Waals surface area contributed by atoms with Gasteiger partial charge in [0.1, 0.15) is 6.04 Å². The monoisotopic (exact) mass is 270 g/mol. The van der Waals surface area contributed by atoms with Gasteiger partial charge in [0, 0.05) is 13.0 Å². The molecule has 0 bridgehead atoms. The van der Waals surface area contributed by atoms with E-state index in [1.165, 1.54) is 6.92 Å². The summed E-state index contributed by atoms with van der Waals surface area (Å²) in [5, 5.41) is 14.5. The summed E-state index contributed by atoms with van der Waals surface area (Å²) in [6.07, 6.45) is 4.07. The van der Waals surface area contributed by atoms with Crippen LogP contribution in [0.15, 0.2) is 0 Å². The SMILES string of the molecule is CC(=O)NC(C)C(=O)N[C@H]1CCCCC[C@H]1C(=O)O. The van der Waals surface area contributed by atoms with Gasteiger partial charge in [0.05, 0.1) is 5.92 Å². The first kappa shape index (κ1) is 15.5. The van der Waals surface area contributed by atoms with Crippen molar-refractivity contribution >= 4 is 17.8 Å². The molecule has 1 aliphatic carbocycles. The fourth-order valence-corrected chi connectivity index (χ4v) is 2.45. The molecule has 19 heavy (non-hydrogen) atoms. The molecule has 6 nitrogen and oxygen atoms in total. The maximum Gasteiger partial charge on any atom is 0.308 e. The average Bonchev–Trinajstić information content (AvgIpc) is 2.53. The Labute approximate surface area is 112 Å². The van der Waals surface area contributed by atoms with Crippen LogP contribution in [0, 0.1) is 5.92 Å². The number of aliphatic carboxylic acids is 1. The van der Waals surface area contributed by atoms with E-state index in [4.69, 9.17) is 0 Å². The zero-order chi connectivity index (χ0) is 14.4. The van der Waals surface area contributed by atoms with E-state index in [2.05, 4.69) is 10.6 Å². The molecule has 0 aromatic rings. The van der Waals surface area contributed by atoms with Crippen LogP contribution in [0.5, 0.6) is 0 Å². The number of hydrogen-bond acceptors (Lipinski definition) is 3. The standard InChI is InChI=1S/C13H22N2O4/c1-8(14-9(2)16)12(17)15-11-7-5-3-4-6-10(11)13(18)19/h8,10-11H,3-7H2,1-2H3,(H,14,16)(H,15,17)(H,18,19)/t8?,10-,11+/m1/s1. The van der Waals surface area contributed by atoms with Crippen molar-refractivity contribution in [3.8, 4) is 0 Å². The van der Waals surface area contributed by atoms with E-state index in [1.807, 2.05) is 0 Å². The lowest BCUT2D eigenvalue weighted by Gasteiger charge is -2.24. The highest BCUT2D eigenvalue weighted by Crippen LogP contribution is 2.23. The van der Waals surface area contributed by atoms with Crippen LogP contribution in [0.1, 0.15) is 46.0 Å². The van der Waals surface area contributed by atoms with E-state index in [-0.39, 0.29) is 17.9 Å². The van der Waals surface area contributed by atoms with Crippen LogP contribution in [0.4, 0.5) is 0 Å². The number of hydrogen-bond donors (Lipinski definition) is 3. The minimum Gasteiger partial charge on any atom is -0.481 e. The van der Waals surface area contributed by atoms with Crippen LogP contribution in [-0.4, -0.2) is 35.0 Å². The molecule has 6 heteroatoms. The number of carbonyl (C=O) groups is 3. The topological polar surface area (TPSA) is 95.5 Å². The minimum atomic E-state index is -0.862. The van der Waals surface area contributed by atoms with Crippen LogP contribution in [0.25, 0.3) is 0 Å². The first-order chi connectivity index (χ1) is 8.91. The van der Waals surface area contributed by atoms with E-state index in [0.29, 0.717) is 12.8 Å². The molecule has 0 radical (unpaired) electrons. The summed E-state index contributed by atoms with van der Waals surface area (Å²) in [5.74, 6) is -2.00. The lowest BCUT2D eigenvalue weighted by molar-refractivity contribution is -0.143. The summed E-state index contributed by atoms with van der Waals surface area (Å²) < 4.78 is 0. The van der Waals surface area contributed by atoms with Crippen molar-refractivity contribution in [2.24, 2.45) is 5.92 Å². The van der Waals surface area contributed by atoms with Gasteiger partial charge in [-0.3, -0.25) is 14.4 Å². The molecule has 1 fully saturated rings. The van der Waals surface area contributed by atoms with Gasteiger partial charge < -0.3 is 15.7 Å². The molecule has 0 aromatic heterocycles. The molecule has 3 atom stereocenters. The predicted molar refractivity (Wildman–Crippen MR) is 69.4 cm³/mol. The van der Waals surface area contributed by atoms with Crippen LogP contribution in [0.2, 0.25) is 0 Å². The molecule has 1 aliphatic rings. The third-order valence-electron chi connectivity index (χ3n) is 3.47. The molecular formula is C13H22N2O4. The highest BCUT2D eigenvalue weighted by atomic mass is 16.4. The van der Waals surface area contributed by atoms with E-state index >= 15 is 0 Å². The van der Waals surface area contributed by atoms with Crippen LogP contribution in [-0.2, 0) is 14.4 Å². The number of amides is 2. The summed E-state index contributed by atoms with van der Waals surface area (Å²) >= 11 is 0. The quantitative estimate of drug-likeness (QED) is 0.654. The average molecular weight is 270 g/mol. The van der Waals surface area contributed by atoms with Crippen molar-refractivity contribution in [1.29, 1.82) is 0 Å². The Balaban J connectivity index is 2.62. The first-order valence-electron chi connectivity index (χ1n) is 6.72. The van der Waals surface area contributed by atoms with Gasteiger partial charge in [0.2, 0.25) is 11.8 Å². The molecule has 3 N–H and O–H groups in total. The molecular weight excluding hydrogens is 248 g/mol. The predicted octanol–water partition coefficient (Wildman–Crippen LogP) is 0.661. The maximum absolute atomic E-state index is 11.9. The van der Waals surface area contributed by atoms with E-state index in [9.17, 15) is 19.5 Å². The third-order valence-corrected chi connectivity index (χ3v) is 3.47. The Hall–Kier alpha value is -1.59. The summed E-state index contributed by atoms with van der Waals surface area (Å²) in [6, 6.07) is -0.987. The lowest BCUT2D eigenvalue weighted by Crippen LogP contribution is -2.50. The molecule has 1 unspecified atom stereocenters. The van der Waals surface area contributed by atoms with Crippen LogP contribution in [0.3, 0.4) is 0 Å². The molecule has 0 aromatic carbocycles. The van der Waals surface area contributed by atoms with Gasteiger partial charge in [-0.05, 0) is 19.8 Å². The highest BCUT2D eigenvalue weighted by Gasteiger charge is 2.31. The maximum atomic E-state index is 11.9. The first-order valence-corrected chi connectivity index (χ1v) is 6.72. The summed E-state index contributed by atoms with van der Waals surface area (Å²) in [7, 11) is 0. The number of carboxylic acids is 1. The minimum absolute atomic E-state index is 0.279. The summed E-state index contributed by atoms with van der Waals surface area (Å²) in [5.41, 5.74) is 0. The molecule has 0 saturated heterocycles. The van der Waals surface area contributed by atoms with Gasteiger partial charge in [0.25, 0.3) is 0 Å². The largest absolute Gasteiger partial charge is 0.481 e. The van der Waals surface area contributed by atoms with Gasteiger partial charge in [-0.15, -0.1) is 0 Å². The lowest BCUT2D eigenvalue weighted by atomic mass is 9.94. The number of rotatable bonds is 4. The molecule has 1 rings (SSSR count). The molecule has 0 spiro atoms. The zero-order valence-electron chi connectivity index (χ0n) is 11.4. The smallest absolute Gasteiger partial charge is 0.308 e. The zero-order valence-corrected chi connectivity index (χ0v) is 11.4. The van der Waals surface area contributed by atoms with Crippen LogP contribution < -0.4 is 10.6 Å². The fourth-order valence-electron chi connectivity index (χ4n) is 2.45. The number of nitrogens with one attached hydrogen (secondary N) is 2. The Bertz CT molecular complexity index is 357. The van der Waals surface area contributed by atoms with Gasteiger partial charge in [-0.25, -0.2) is 0 Å². The Morgan fingerprint density at radius 1 is 1.16 bits per heavy atom. The fraction of sp³-hybridized carbons (Fsp3) is 0.769. The Kier molecular flexibility index (Phi) is 5.79. The Morgan fingerprint density at radius 3 is 2.37 bits per heavy atom. The van der Waals surface area contributed by atoms with Crippen molar-refractivity contribution in [3.63, 3.8) is 0 Å². The summed E-state index contributed by atoms with van der Waals surface area (Å²) in [6.45, 7) is 2.93. The second-order valence-electron chi connectivity index (χ2n) is 5.12. The molecule has 108 valence electrons. The molecule has 0 aliphatic heterocycles. The summed E-state index contributed by atoms with van der Waals surface area (Å²) in [4.78, 5) is 34.0. The van der Waals surface area contributed by atoms with Crippen molar-refractivity contribution in [3.05, 3.63) is 0 Å².